The number of amides is 1. The predicted molar refractivity (Wildman–Crippen MR) is 116 cm³/mol. The van der Waals surface area contributed by atoms with Crippen molar-refractivity contribution in [3.05, 3.63) is 46.7 Å². The summed E-state index contributed by atoms with van der Waals surface area (Å²) in [5.74, 6) is 0.0689. The van der Waals surface area contributed by atoms with Gasteiger partial charge in [-0.1, -0.05) is 13.8 Å². The van der Waals surface area contributed by atoms with Crippen LogP contribution < -0.4 is 10.1 Å². The summed E-state index contributed by atoms with van der Waals surface area (Å²) in [7, 11) is 1.48. The molecule has 2 N–H and O–H groups in total. The van der Waals surface area contributed by atoms with E-state index in [4.69, 9.17) is 4.74 Å². The van der Waals surface area contributed by atoms with Crippen LogP contribution in [0.5, 0.6) is 5.75 Å². The van der Waals surface area contributed by atoms with Crippen LogP contribution >= 0.6 is 11.3 Å². The molecule has 0 radical (unpaired) electrons. The molecule has 1 amide bonds. The molecule has 160 valence electrons. The number of thiophene rings is 1. The molecule has 1 aromatic carbocycles. The van der Waals surface area contributed by atoms with Gasteiger partial charge in [0.2, 0.25) is 5.95 Å². The maximum Gasteiger partial charge on any atom is 0.274 e. The normalized spacial score (nSPS) is 14.5. The number of aromatic nitrogens is 2. The van der Waals surface area contributed by atoms with Crippen molar-refractivity contribution >= 4 is 33.4 Å². The highest BCUT2D eigenvalue weighted by Gasteiger charge is 2.40. The van der Waals surface area contributed by atoms with Crippen molar-refractivity contribution in [2.24, 2.45) is 0 Å². The molecule has 0 saturated carbocycles. The van der Waals surface area contributed by atoms with Crippen LogP contribution in [0.25, 0.3) is 10.2 Å². The summed E-state index contributed by atoms with van der Waals surface area (Å²) in [6.45, 7) is 6.51. The van der Waals surface area contributed by atoms with Gasteiger partial charge < -0.3 is 20.1 Å². The van der Waals surface area contributed by atoms with Crippen molar-refractivity contribution in [2.45, 2.75) is 32.9 Å². The highest BCUT2D eigenvalue weighted by atomic mass is 32.1. The smallest absolute Gasteiger partial charge is 0.274 e. The van der Waals surface area contributed by atoms with Gasteiger partial charge in [0.05, 0.1) is 36.0 Å². The van der Waals surface area contributed by atoms with E-state index in [-0.39, 0.29) is 31.5 Å². The largest absolute Gasteiger partial charge is 0.497 e. The molecular formula is C21H25FN4O3S. The number of hydrogen-bond acceptors (Lipinski definition) is 7. The van der Waals surface area contributed by atoms with Gasteiger partial charge >= 0.3 is 0 Å². The first kappa shape index (κ1) is 21.9. The molecule has 3 aromatic rings. The fourth-order valence-electron chi connectivity index (χ4n) is 3.18. The van der Waals surface area contributed by atoms with E-state index in [2.05, 4.69) is 15.3 Å². The van der Waals surface area contributed by atoms with Gasteiger partial charge in [-0.2, -0.15) is 0 Å². The zero-order valence-corrected chi connectivity index (χ0v) is 18.2. The van der Waals surface area contributed by atoms with Crippen molar-refractivity contribution in [3.8, 4) is 5.75 Å². The third-order valence-electron chi connectivity index (χ3n) is 4.47. The Labute approximate surface area is 178 Å². The van der Waals surface area contributed by atoms with E-state index in [1.54, 1.807) is 17.9 Å². The minimum absolute atomic E-state index is 0.239. The lowest BCUT2D eigenvalue weighted by molar-refractivity contribution is -0.0669. The number of carbonyl (C=O) groups is 1. The van der Waals surface area contributed by atoms with Gasteiger partial charge in [0.1, 0.15) is 11.6 Å². The van der Waals surface area contributed by atoms with Crippen molar-refractivity contribution < 1.29 is 19.0 Å². The monoisotopic (exact) mass is 432 g/mol. The van der Waals surface area contributed by atoms with Crippen LogP contribution in [-0.2, 0) is 6.54 Å². The molecule has 2 aromatic heterocycles. The van der Waals surface area contributed by atoms with Gasteiger partial charge in [-0.25, -0.2) is 14.4 Å². The van der Waals surface area contributed by atoms with Crippen LogP contribution in [0.15, 0.2) is 29.6 Å². The molecule has 7 nitrogen and oxygen atoms in total. The second kappa shape index (κ2) is 8.93. The molecule has 0 aliphatic carbocycles. The summed E-state index contributed by atoms with van der Waals surface area (Å²) in [5.41, 5.74) is 0.775. The Morgan fingerprint density at radius 2 is 2.07 bits per heavy atom. The second-order valence-corrected chi connectivity index (χ2v) is 7.96. The number of halogens is 1. The number of rotatable bonds is 5. The average Bonchev–Trinajstić information content (AvgIpc) is 3.19. The number of nitrogens with zero attached hydrogens (tertiary/aromatic N) is 3. The lowest BCUT2D eigenvalue weighted by Crippen LogP contribution is -2.61. The van der Waals surface area contributed by atoms with Crippen molar-refractivity contribution in [1.82, 2.24) is 14.9 Å². The molecule has 1 fully saturated rings. The summed E-state index contributed by atoms with van der Waals surface area (Å²) in [5, 5.41) is 14.8. The topological polar surface area (TPSA) is 87.6 Å². The number of methoxy groups -OCH3 is 1. The first-order chi connectivity index (χ1) is 14.3. The highest BCUT2D eigenvalue weighted by Crippen LogP contribution is 2.28. The van der Waals surface area contributed by atoms with E-state index >= 15 is 0 Å². The number of ether oxygens (including phenoxy) is 1. The first-order valence-corrected chi connectivity index (χ1v) is 10.6. The molecule has 3 heterocycles. The Kier molecular flexibility index (Phi) is 6.52. The van der Waals surface area contributed by atoms with Gasteiger partial charge in [-0.3, -0.25) is 4.79 Å². The Morgan fingerprint density at radius 1 is 1.33 bits per heavy atom. The van der Waals surface area contributed by atoms with Crippen LogP contribution in [-0.4, -0.2) is 51.7 Å². The number of likely N-dealkylation sites (tertiary alicyclic amines) is 1. The second-order valence-electron chi connectivity index (χ2n) is 7.04. The predicted octanol–water partition coefficient (Wildman–Crippen LogP) is 3.68. The van der Waals surface area contributed by atoms with Gasteiger partial charge in [-0.05, 0) is 36.1 Å². The summed E-state index contributed by atoms with van der Waals surface area (Å²) in [4.78, 5) is 23.2. The number of aliphatic hydroxyl groups is 1. The first-order valence-electron chi connectivity index (χ1n) is 9.69. The zero-order valence-electron chi connectivity index (χ0n) is 17.4. The van der Waals surface area contributed by atoms with Gasteiger partial charge in [0.25, 0.3) is 5.91 Å². The van der Waals surface area contributed by atoms with Gasteiger partial charge in [0.15, 0.2) is 5.69 Å². The number of carbonyl (C=O) groups excluding carboxylic acids is 1. The van der Waals surface area contributed by atoms with E-state index in [0.29, 0.717) is 27.2 Å². The number of anilines is 1. The van der Waals surface area contributed by atoms with Crippen LogP contribution in [0.2, 0.25) is 0 Å². The zero-order chi connectivity index (χ0) is 21.9. The quantitative estimate of drug-likeness (QED) is 0.640. The molecule has 0 atom stereocenters. The minimum atomic E-state index is -0.852. The molecule has 0 unspecified atom stereocenters. The van der Waals surface area contributed by atoms with E-state index in [0.717, 1.165) is 0 Å². The lowest BCUT2D eigenvalue weighted by atomic mass is 9.96. The summed E-state index contributed by atoms with van der Waals surface area (Å²) >= 11 is 1.40. The van der Waals surface area contributed by atoms with Gasteiger partial charge in [-0.15, -0.1) is 11.3 Å². The molecule has 4 rings (SSSR count). The average molecular weight is 433 g/mol. The molecule has 0 spiro atoms. The van der Waals surface area contributed by atoms with Crippen LogP contribution in [0.1, 0.15) is 36.8 Å². The van der Waals surface area contributed by atoms with Crippen molar-refractivity contribution in [1.29, 1.82) is 0 Å². The molecular weight excluding hydrogens is 407 g/mol. The van der Waals surface area contributed by atoms with E-state index in [1.807, 2.05) is 25.3 Å². The molecule has 9 heteroatoms. The Balaban J connectivity index is 0.00000124. The summed E-state index contributed by atoms with van der Waals surface area (Å²) < 4.78 is 19.4. The fraction of sp³-hybridized carbons (Fsp3) is 0.381. The molecule has 1 aliphatic rings. The minimum Gasteiger partial charge on any atom is -0.497 e. The SMILES string of the molecule is CC.COc1cc(F)cc(CNc2nc(C(=O)N3CC(C)(O)C3)c3sccc3n2)c1. The lowest BCUT2D eigenvalue weighted by Gasteiger charge is -2.43. The van der Waals surface area contributed by atoms with Crippen LogP contribution in [0.4, 0.5) is 10.3 Å². The maximum absolute atomic E-state index is 13.7. The Morgan fingerprint density at radius 3 is 2.73 bits per heavy atom. The number of fused-ring (bicyclic) bond motifs is 1. The van der Waals surface area contributed by atoms with Crippen LogP contribution in [0.3, 0.4) is 0 Å². The highest BCUT2D eigenvalue weighted by molar-refractivity contribution is 7.17. The summed E-state index contributed by atoms with van der Waals surface area (Å²) in [6.07, 6.45) is 0. The Bertz CT molecular complexity index is 1050. The van der Waals surface area contributed by atoms with Crippen LogP contribution in [0, 0.1) is 5.82 Å². The third kappa shape index (κ3) is 4.68. The third-order valence-corrected chi connectivity index (χ3v) is 5.38. The number of nitrogens with one attached hydrogen (secondary N) is 1. The van der Waals surface area contributed by atoms with E-state index in [1.165, 1.54) is 30.6 Å². The standard InChI is InChI=1S/C19H19FN4O3S.C2H6/c1-19(26)9-24(10-19)17(25)15-16-14(3-4-28-16)22-18(23-15)21-8-11-5-12(20)7-13(6-11)27-2;1-2/h3-7,26H,8-10H2,1-2H3,(H,21,22,23);1-2H3. The van der Waals surface area contributed by atoms with E-state index in [9.17, 15) is 14.3 Å². The molecule has 1 saturated heterocycles. The van der Waals surface area contributed by atoms with E-state index < -0.39 is 11.4 Å². The molecule has 0 bridgehead atoms. The fourth-order valence-corrected chi connectivity index (χ4v) is 3.99. The number of benzene rings is 1. The Hall–Kier alpha value is -2.78. The molecule has 1 aliphatic heterocycles. The maximum atomic E-state index is 13.7. The van der Waals surface area contributed by atoms with Gasteiger partial charge in [0, 0.05) is 12.6 Å². The summed E-state index contributed by atoms with van der Waals surface area (Å²) in [6, 6.07) is 6.23. The number of hydrogen-bond donors (Lipinski definition) is 2. The van der Waals surface area contributed by atoms with Crippen molar-refractivity contribution in [2.75, 3.05) is 25.5 Å². The van der Waals surface area contributed by atoms with Crippen molar-refractivity contribution in [3.63, 3.8) is 0 Å². The number of β-amino-alcohol motifs (C(OH)–C–C–N with tert-alkyl or cyclic N) is 1. The molecule has 30 heavy (non-hydrogen) atoms.